The molecule has 162 valence electrons. The number of nitrogens with zero attached hydrogens (tertiary/aromatic N) is 5. The van der Waals surface area contributed by atoms with Crippen molar-refractivity contribution in [1.29, 1.82) is 0 Å². The van der Waals surface area contributed by atoms with Crippen molar-refractivity contribution in [2.45, 2.75) is 20.0 Å². The second-order valence-electron chi connectivity index (χ2n) is 7.53. The van der Waals surface area contributed by atoms with Crippen LogP contribution < -0.4 is 4.90 Å². The molecular weight excluding hydrogens is 385 g/mol. The number of benzene rings is 1. The number of anilines is 1. The monoisotopic (exact) mass is 415 g/mol. The summed E-state index contributed by atoms with van der Waals surface area (Å²) in [5.74, 6) is 0.410. The number of amides is 1. The van der Waals surface area contributed by atoms with E-state index < -0.39 is 0 Å². The van der Waals surface area contributed by atoms with E-state index in [9.17, 15) is 9.18 Å². The summed E-state index contributed by atoms with van der Waals surface area (Å²) in [6.45, 7) is 7.52. The molecule has 1 aliphatic heterocycles. The van der Waals surface area contributed by atoms with E-state index in [0.29, 0.717) is 45.3 Å². The number of aromatic nitrogens is 2. The van der Waals surface area contributed by atoms with E-state index in [1.54, 1.807) is 18.3 Å². The zero-order chi connectivity index (χ0) is 21.7. The second-order valence-corrected chi connectivity index (χ2v) is 7.53. The third-order valence-corrected chi connectivity index (χ3v) is 5.29. The van der Waals surface area contributed by atoms with Crippen LogP contribution in [0, 0.1) is 5.82 Å². The lowest BCUT2D eigenvalue weighted by Gasteiger charge is -2.34. The summed E-state index contributed by atoms with van der Waals surface area (Å²) >= 11 is 0. The van der Waals surface area contributed by atoms with Crippen molar-refractivity contribution in [2.24, 2.45) is 0 Å². The molecule has 1 saturated heterocycles. The van der Waals surface area contributed by atoms with Gasteiger partial charge in [0.2, 0.25) is 11.9 Å². The van der Waals surface area contributed by atoms with Gasteiger partial charge in [-0.1, -0.05) is 12.1 Å². The summed E-state index contributed by atoms with van der Waals surface area (Å²) < 4.78 is 19.5. The van der Waals surface area contributed by atoms with Crippen LogP contribution >= 0.6 is 0 Å². The van der Waals surface area contributed by atoms with Crippen LogP contribution in [0.3, 0.4) is 0 Å². The molecule has 0 bridgehead atoms. The summed E-state index contributed by atoms with van der Waals surface area (Å²) in [6, 6.07) is 6.29. The lowest BCUT2D eigenvalue weighted by Crippen LogP contribution is -2.45. The molecule has 1 fully saturated rings. The fraction of sp³-hybridized carbons (Fsp3) is 0.500. The van der Waals surface area contributed by atoms with E-state index >= 15 is 0 Å². The molecular formula is C22H30FN5O2. The van der Waals surface area contributed by atoms with E-state index in [1.807, 2.05) is 37.7 Å². The molecule has 0 radical (unpaired) electrons. The minimum Gasteiger partial charge on any atom is -0.369 e. The molecule has 1 atom stereocenters. The first-order chi connectivity index (χ1) is 14.4. The number of likely N-dealkylation sites (N-methyl/N-ethyl adjacent to an activating group) is 1. The molecule has 0 unspecified atom stereocenters. The highest BCUT2D eigenvalue weighted by atomic mass is 19.1. The second kappa shape index (κ2) is 9.95. The Bertz CT molecular complexity index is 855. The number of hydrogen-bond donors (Lipinski definition) is 0. The molecule has 1 aromatic carbocycles. The van der Waals surface area contributed by atoms with Gasteiger partial charge in [-0.25, -0.2) is 14.4 Å². The van der Waals surface area contributed by atoms with E-state index in [2.05, 4.69) is 9.88 Å². The van der Waals surface area contributed by atoms with Crippen molar-refractivity contribution in [1.82, 2.24) is 19.8 Å². The molecule has 7 nitrogen and oxygen atoms in total. The molecule has 2 heterocycles. The zero-order valence-corrected chi connectivity index (χ0v) is 18.1. The van der Waals surface area contributed by atoms with Gasteiger partial charge in [-0.15, -0.1) is 0 Å². The molecule has 1 amide bonds. The Labute approximate surface area is 177 Å². The molecule has 0 spiro atoms. The van der Waals surface area contributed by atoms with Crippen LogP contribution in [0.2, 0.25) is 0 Å². The summed E-state index contributed by atoms with van der Waals surface area (Å²) in [5.41, 5.74) is 2.39. The summed E-state index contributed by atoms with van der Waals surface area (Å²) in [4.78, 5) is 27.5. The summed E-state index contributed by atoms with van der Waals surface area (Å²) in [6.07, 6.45) is 1.46. The maximum Gasteiger partial charge on any atom is 0.236 e. The normalized spacial score (nSPS) is 17.0. The van der Waals surface area contributed by atoms with Gasteiger partial charge in [0.1, 0.15) is 11.9 Å². The van der Waals surface area contributed by atoms with Crippen molar-refractivity contribution in [3.05, 3.63) is 42.0 Å². The lowest BCUT2D eigenvalue weighted by molar-refractivity contribution is -0.134. The van der Waals surface area contributed by atoms with Crippen LogP contribution in [0.1, 0.15) is 25.6 Å². The Morgan fingerprint density at radius 2 is 1.93 bits per heavy atom. The average Bonchev–Trinajstić information content (AvgIpc) is 2.75. The minimum atomic E-state index is -0.301. The van der Waals surface area contributed by atoms with Crippen LogP contribution in [0.4, 0.5) is 10.3 Å². The van der Waals surface area contributed by atoms with Crippen LogP contribution in [-0.4, -0.2) is 79.1 Å². The number of rotatable bonds is 7. The molecule has 0 N–H and O–H groups in total. The van der Waals surface area contributed by atoms with Crippen molar-refractivity contribution in [2.75, 3.05) is 58.3 Å². The van der Waals surface area contributed by atoms with Crippen molar-refractivity contribution in [3.8, 4) is 11.1 Å². The predicted octanol–water partition coefficient (Wildman–Crippen LogP) is 2.59. The number of ether oxygens (including phenoxy) is 1. The summed E-state index contributed by atoms with van der Waals surface area (Å²) in [7, 11) is 3.76. The Morgan fingerprint density at radius 3 is 2.57 bits per heavy atom. The van der Waals surface area contributed by atoms with Gasteiger partial charge in [0.15, 0.2) is 0 Å². The Balaban J connectivity index is 1.88. The molecule has 8 heteroatoms. The van der Waals surface area contributed by atoms with Gasteiger partial charge in [0.25, 0.3) is 0 Å². The standard InChI is InChI=1S/C22H30FN5O2/c1-5-28(6-2)20(29)15-27-11-12-30-19(14-27)21-18(13-24-22(25-21)26(3)4)16-7-9-17(23)10-8-16/h7-10,13,19H,5-6,11-12,14-15H2,1-4H3/t19-/m0/s1. The molecule has 0 saturated carbocycles. The van der Waals surface area contributed by atoms with E-state index in [4.69, 9.17) is 9.72 Å². The fourth-order valence-corrected chi connectivity index (χ4v) is 3.58. The average molecular weight is 416 g/mol. The van der Waals surface area contributed by atoms with Crippen molar-refractivity contribution >= 4 is 11.9 Å². The number of carbonyl (C=O) groups excluding carboxylic acids is 1. The first-order valence-electron chi connectivity index (χ1n) is 10.3. The van der Waals surface area contributed by atoms with Gasteiger partial charge < -0.3 is 14.5 Å². The highest BCUT2D eigenvalue weighted by Crippen LogP contribution is 2.31. The highest BCUT2D eigenvalue weighted by Gasteiger charge is 2.28. The number of halogens is 1. The predicted molar refractivity (Wildman–Crippen MR) is 115 cm³/mol. The van der Waals surface area contributed by atoms with E-state index in [-0.39, 0.29) is 17.8 Å². The smallest absolute Gasteiger partial charge is 0.236 e. The topological polar surface area (TPSA) is 61.8 Å². The molecule has 1 aromatic heterocycles. The molecule has 1 aliphatic rings. The first-order valence-corrected chi connectivity index (χ1v) is 10.3. The molecule has 3 rings (SSSR count). The van der Waals surface area contributed by atoms with Gasteiger partial charge in [-0.3, -0.25) is 9.69 Å². The SMILES string of the molecule is CCN(CC)C(=O)CN1CCO[C@H](c2nc(N(C)C)ncc2-c2ccc(F)cc2)C1. The Kier molecular flexibility index (Phi) is 7.33. The van der Waals surface area contributed by atoms with Crippen molar-refractivity contribution < 1.29 is 13.9 Å². The van der Waals surface area contributed by atoms with Crippen LogP contribution in [0.25, 0.3) is 11.1 Å². The maximum absolute atomic E-state index is 13.4. The van der Waals surface area contributed by atoms with Gasteiger partial charge in [-0.2, -0.15) is 0 Å². The van der Waals surface area contributed by atoms with E-state index in [1.165, 1.54) is 12.1 Å². The Morgan fingerprint density at radius 1 is 1.23 bits per heavy atom. The zero-order valence-electron chi connectivity index (χ0n) is 18.1. The summed E-state index contributed by atoms with van der Waals surface area (Å²) in [5, 5.41) is 0. The highest BCUT2D eigenvalue weighted by molar-refractivity contribution is 5.78. The third-order valence-electron chi connectivity index (χ3n) is 5.29. The van der Waals surface area contributed by atoms with Gasteiger partial charge >= 0.3 is 0 Å². The fourth-order valence-electron chi connectivity index (χ4n) is 3.58. The van der Waals surface area contributed by atoms with Crippen LogP contribution in [0.15, 0.2) is 30.5 Å². The quantitative estimate of drug-likeness (QED) is 0.693. The van der Waals surface area contributed by atoms with Crippen LogP contribution in [0.5, 0.6) is 0 Å². The molecule has 0 aliphatic carbocycles. The number of carbonyl (C=O) groups is 1. The third kappa shape index (κ3) is 5.12. The molecule has 30 heavy (non-hydrogen) atoms. The number of hydrogen-bond acceptors (Lipinski definition) is 6. The van der Waals surface area contributed by atoms with Gasteiger partial charge in [0, 0.05) is 52.0 Å². The van der Waals surface area contributed by atoms with Crippen molar-refractivity contribution in [3.63, 3.8) is 0 Å². The Hall–Kier alpha value is -2.58. The first kappa shape index (κ1) is 22.1. The molecule has 2 aromatic rings. The van der Waals surface area contributed by atoms with Crippen LogP contribution in [-0.2, 0) is 9.53 Å². The number of morpholine rings is 1. The maximum atomic E-state index is 13.4. The van der Waals surface area contributed by atoms with E-state index in [0.717, 1.165) is 16.8 Å². The largest absolute Gasteiger partial charge is 0.369 e. The van der Waals surface area contributed by atoms with Gasteiger partial charge in [-0.05, 0) is 31.5 Å². The van der Waals surface area contributed by atoms with Gasteiger partial charge in [0.05, 0.1) is 18.8 Å². The minimum absolute atomic E-state index is 0.121. The lowest BCUT2D eigenvalue weighted by atomic mass is 10.0.